The van der Waals surface area contributed by atoms with Crippen molar-refractivity contribution in [3.8, 4) is 23.1 Å². The molecule has 3 aromatic rings. The summed E-state index contributed by atoms with van der Waals surface area (Å²) in [4.78, 5) is 15.7. The summed E-state index contributed by atoms with van der Waals surface area (Å²) in [5.41, 5.74) is 1.67. The second kappa shape index (κ2) is 11.0. The number of nitrogens with zero attached hydrogens (tertiary/aromatic N) is 1. The van der Waals surface area contributed by atoms with Gasteiger partial charge in [-0.2, -0.15) is 0 Å². The Morgan fingerprint density at radius 2 is 1.94 bits per heavy atom. The summed E-state index contributed by atoms with van der Waals surface area (Å²) in [6.45, 7) is 2.43. The highest BCUT2D eigenvalue weighted by atomic mass is 35.5. The van der Waals surface area contributed by atoms with Crippen LogP contribution < -0.4 is 14.2 Å². The lowest BCUT2D eigenvalue weighted by atomic mass is 10.2. The molecule has 0 saturated heterocycles. The molecule has 160 valence electrons. The molecule has 1 heterocycles. The van der Waals surface area contributed by atoms with Gasteiger partial charge in [0.15, 0.2) is 11.5 Å². The predicted molar refractivity (Wildman–Crippen MR) is 119 cm³/mol. The van der Waals surface area contributed by atoms with Gasteiger partial charge in [0.1, 0.15) is 12.4 Å². The van der Waals surface area contributed by atoms with E-state index in [1.54, 1.807) is 56.6 Å². The summed E-state index contributed by atoms with van der Waals surface area (Å²) in [5.74, 6) is 1.58. The fraction of sp³-hybridized carbons (Fsp3) is 0.167. The zero-order valence-corrected chi connectivity index (χ0v) is 18.0. The van der Waals surface area contributed by atoms with Gasteiger partial charge in [-0.3, -0.25) is 0 Å². The Bertz CT molecular complexity index is 1050. The Morgan fingerprint density at radius 1 is 1.10 bits per heavy atom. The molecule has 0 atom stereocenters. The van der Waals surface area contributed by atoms with Crippen LogP contribution >= 0.6 is 11.6 Å². The van der Waals surface area contributed by atoms with Crippen LogP contribution in [0.2, 0.25) is 5.02 Å². The molecule has 0 unspecified atom stereocenters. The van der Waals surface area contributed by atoms with Gasteiger partial charge in [-0.05, 0) is 42.8 Å². The number of methoxy groups -OCH3 is 1. The zero-order valence-electron chi connectivity index (χ0n) is 17.2. The SMILES string of the molecule is CCOC(=O)/C=C/c1ccc(Oc2ccc(OCc3ccccc3Cl)cn2)c(OC)c1. The molecule has 7 heteroatoms. The standard InChI is InChI=1S/C24H22ClNO5/c1-3-29-24(27)13-9-17-8-11-21(22(14-17)28-2)31-23-12-10-19(15-26-23)30-16-18-6-4-5-7-20(18)25/h4-15H,3,16H2,1-2H3/b13-9+. The molecule has 3 rings (SSSR count). The Kier molecular flexibility index (Phi) is 7.90. The van der Waals surface area contributed by atoms with Crippen molar-refractivity contribution in [1.29, 1.82) is 0 Å². The van der Waals surface area contributed by atoms with Crippen LogP contribution in [-0.4, -0.2) is 24.7 Å². The van der Waals surface area contributed by atoms with Gasteiger partial charge in [-0.15, -0.1) is 0 Å². The number of aromatic nitrogens is 1. The highest BCUT2D eigenvalue weighted by Gasteiger charge is 2.08. The Balaban J connectivity index is 1.63. The highest BCUT2D eigenvalue weighted by molar-refractivity contribution is 6.31. The molecule has 0 radical (unpaired) electrons. The van der Waals surface area contributed by atoms with Gasteiger partial charge in [0.25, 0.3) is 0 Å². The first-order chi connectivity index (χ1) is 15.1. The number of benzene rings is 2. The van der Waals surface area contributed by atoms with Crippen LogP contribution in [0.5, 0.6) is 23.1 Å². The van der Waals surface area contributed by atoms with Crippen molar-refractivity contribution >= 4 is 23.6 Å². The minimum absolute atomic E-state index is 0.329. The average Bonchev–Trinajstić information content (AvgIpc) is 2.79. The number of hydrogen-bond acceptors (Lipinski definition) is 6. The molecule has 0 bridgehead atoms. The molecule has 0 saturated carbocycles. The number of carbonyl (C=O) groups is 1. The third-order valence-electron chi connectivity index (χ3n) is 4.16. The quantitative estimate of drug-likeness (QED) is 0.315. The molecule has 0 fully saturated rings. The van der Waals surface area contributed by atoms with E-state index in [1.807, 2.05) is 24.3 Å². The van der Waals surface area contributed by atoms with E-state index >= 15 is 0 Å². The molecule has 1 aromatic heterocycles. The van der Waals surface area contributed by atoms with E-state index < -0.39 is 5.97 Å². The fourth-order valence-corrected chi connectivity index (χ4v) is 2.82. The largest absolute Gasteiger partial charge is 0.493 e. The van der Waals surface area contributed by atoms with Crippen LogP contribution in [0, 0.1) is 0 Å². The van der Waals surface area contributed by atoms with Gasteiger partial charge in [-0.1, -0.05) is 35.9 Å². The Labute approximate surface area is 186 Å². The topological polar surface area (TPSA) is 66.9 Å². The van der Waals surface area contributed by atoms with Gasteiger partial charge < -0.3 is 18.9 Å². The van der Waals surface area contributed by atoms with Crippen LogP contribution in [-0.2, 0) is 16.1 Å². The fourth-order valence-electron chi connectivity index (χ4n) is 2.63. The van der Waals surface area contributed by atoms with Gasteiger partial charge in [0.2, 0.25) is 5.88 Å². The number of esters is 1. The van der Waals surface area contributed by atoms with E-state index in [1.165, 1.54) is 6.08 Å². The summed E-state index contributed by atoms with van der Waals surface area (Å²) in [5, 5.41) is 0.656. The maximum atomic E-state index is 11.5. The molecule has 0 spiro atoms. The van der Waals surface area contributed by atoms with E-state index in [9.17, 15) is 4.79 Å². The smallest absolute Gasteiger partial charge is 0.330 e. The van der Waals surface area contributed by atoms with E-state index in [2.05, 4.69) is 4.98 Å². The molecule has 0 aliphatic carbocycles. The van der Waals surface area contributed by atoms with Crippen molar-refractivity contribution in [2.45, 2.75) is 13.5 Å². The lowest BCUT2D eigenvalue weighted by molar-refractivity contribution is -0.137. The lowest BCUT2D eigenvalue weighted by Crippen LogP contribution is -1.98. The second-order valence-corrected chi connectivity index (χ2v) is 6.72. The normalized spacial score (nSPS) is 10.7. The van der Waals surface area contributed by atoms with Crippen molar-refractivity contribution < 1.29 is 23.7 Å². The first-order valence-corrected chi connectivity index (χ1v) is 10.00. The van der Waals surface area contributed by atoms with Crippen molar-refractivity contribution in [3.63, 3.8) is 0 Å². The highest BCUT2D eigenvalue weighted by Crippen LogP contribution is 2.32. The maximum absolute atomic E-state index is 11.5. The van der Waals surface area contributed by atoms with E-state index in [-0.39, 0.29) is 0 Å². The molecule has 0 aliphatic heterocycles. The molecular weight excluding hydrogens is 418 g/mol. The van der Waals surface area contributed by atoms with Gasteiger partial charge in [-0.25, -0.2) is 9.78 Å². The third kappa shape index (κ3) is 6.49. The summed E-state index contributed by atoms with van der Waals surface area (Å²) in [6.07, 6.45) is 4.59. The Hall–Kier alpha value is -3.51. The minimum atomic E-state index is -0.400. The number of carbonyl (C=O) groups excluding carboxylic acids is 1. The Morgan fingerprint density at radius 3 is 2.65 bits per heavy atom. The molecule has 0 aliphatic rings. The first-order valence-electron chi connectivity index (χ1n) is 9.62. The number of halogens is 1. The second-order valence-electron chi connectivity index (χ2n) is 6.31. The molecular formula is C24H22ClNO5. The molecule has 6 nitrogen and oxygen atoms in total. The van der Waals surface area contributed by atoms with Crippen LogP contribution in [0.15, 0.2) is 66.9 Å². The van der Waals surface area contributed by atoms with Crippen molar-refractivity contribution in [1.82, 2.24) is 4.98 Å². The number of pyridine rings is 1. The van der Waals surface area contributed by atoms with Crippen LogP contribution in [0.25, 0.3) is 6.08 Å². The van der Waals surface area contributed by atoms with E-state index in [4.69, 9.17) is 30.5 Å². The monoisotopic (exact) mass is 439 g/mol. The zero-order chi connectivity index (χ0) is 22.1. The van der Waals surface area contributed by atoms with Crippen LogP contribution in [0.3, 0.4) is 0 Å². The number of hydrogen-bond donors (Lipinski definition) is 0. The predicted octanol–water partition coefficient (Wildman–Crippen LogP) is 5.69. The van der Waals surface area contributed by atoms with E-state index in [0.717, 1.165) is 11.1 Å². The number of ether oxygens (including phenoxy) is 4. The van der Waals surface area contributed by atoms with Crippen LogP contribution in [0.1, 0.15) is 18.1 Å². The van der Waals surface area contributed by atoms with Crippen molar-refractivity contribution in [2.24, 2.45) is 0 Å². The summed E-state index contributed by atoms with van der Waals surface area (Å²) in [7, 11) is 1.54. The maximum Gasteiger partial charge on any atom is 0.330 e. The van der Waals surface area contributed by atoms with Crippen molar-refractivity contribution in [2.75, 3.05) is 13.7 Å². The molecule has 0 amide bonds. The molecule has 31 heavy (non-hydrogen) atoms. The van der Waals surface area contributed by atoms with Gasteiger partial charge in [0, 0.05) is 22.7 Å². The average molecular weight is 440 g/mol. The molecule has 2 aromatic carbocycles. The van der Waals surface area contributed by atoms with Gasteiger partial charge in [0.05, 0.1) is 19.9 Å². The third-order valence-corrected chi connectivity index (χ3v) is 4.53. The van der Waals surface area contributed by atoms with Crippen LogP contribution in [0.4, 0.5) is 0 Å². The lowest BCUT2D eigenvalue weighted by Gasteiger charge is -2.11. The summed E-state index contributed by atoms with van der Waals surface area (Å²) >= 11 is 6.14. The summed E-state index contributed by atoms with van der Waals surface area (Å²) < 4.78 is 21.8. The van der Waals surface area contributed by atoms with Crippen molar-refractivity contribution in [3.05, 3.63) is 83.0 Å². The number of rotatable bonds is 9. The summed E-state index contributed by atoms with van der Waals surface area (Å²) in [6, 6.07) is 16.3. The molecule has 0 N–H and O–H groups in total. The van der Waals surface area contributed by atoms with Gasteiger partial charge >= 0.3 is 5.97 Å². The minimum Gasteiger partial charge on any atom is -0.493 e. The first kappa shape index (κ1) is 22.2. The van der Waals surface area contributed by atoms with E-state index in [0.29, 0.717) is 41.4 Å².